The second-order valence-electron chi connectivity index (χ2n) is 13.8. The molecule has 8 aromatic carbocycles. The van der Waals surface area contributed by atoms with Crippen LogP contribution >= 0.6 is 0 Å². The number of nitrogens with zero attached hydrogens (tertiary/aromatic N) is 2. The minimum Gasteiger partial charge on any atom is -0.455 e. The molecule has 4 heteroatoms. The van der Waals surface area contributed by atoms with Crippen LogP contribution < -0.4 is 0 Å². The molecule has 0 fully saturated rings. The highest BCUT2D eigenvalue weighted by Gasteiger charge is 2.33. The lowest BCUT2D eigenvalue weighted by molar-refractivity contribution is 0.620. The summed E-state index contributed by atoms with van der Waals surface area (Å²) in [4.78, 5) is 4.90. The first kappa shape index (κ1) is 27.9. The minimum atomic E-state index is 0.00136. The Morgan fingerprint density at radius 1 is 0.423 bits per heavy atom. The van der Waals surface area contributed by atoms with Gasteiger partial charge in [0, 0.05) is 49.7 Å². The van der Waals surface area contributed by atoms with Crippen molar-refractivity contribution < 1.29 is 8.83 Å². The van der Waals surface area contributed by atoms with E-state index in [0.29, 0.717) is 5.89 Å². The second kappa shape index (κ2) is 10.3. The zero-order chi connectivity index (χ0) is 33.9. The van der Waals surface area contributed by atoms with Crippen LogP contribution in [0.1, 0.15) is 22.6 Å². The predicted octanol–water partition coefficient (Wildman–Crippen LogP) is 12.8. The topological polar surface area (TPSA) is 44.1 Å². The van der Waals surface area contributed by atoms with Gasteiger partial charge in [-0.1, -0.05) is 115 Å². The third-order valence-corrected chi connectivity index (χ3v) is 11.1. The summed E-state index contributed by atoms with van der Waals surface area (Å²) in [6.45, 7) is 0. The Morgan fingerprint density at radius 3 is 2.04 bits per heavy atom. The van der Waals surface area contributed by atoms with E-state index in [1.165, 1.54) is 49.6 Å². The lowest BCUT2D eigenvalue weighted by Crippen LogP contribution is -2.00. The van der Waals surface area contributed by atoms with Crippen LogP contribution in [0.2, 0.25) is 0 Å². The summed E-state index contributed by atoms with van der Waals surface area (Å²) < 4.78 is 15.8. The molecule has 3 aromatic heterocycles. The molecule has 0 N–H and O–H groups in total. The smallest absolute Gasteiger partial charge is 0.227 e. The maximum Gasteiger partial charge on any atom is 0.227 e. The summed E-state index contributed by atoms with van der Waals surface area (Å²) >= 11 is 0. The number of hydrogen-bond acceptors (Lipinski definition) is 3. The number of rotatable bonds is 3. The first-order valence-corrected chi connectivity index (χ1v) is 17.7. The van der Waals surface area contributed by atoms with Gasteiger partial charge in [0.1, 0.15) is 16.7 Å². The molecule has 11 aromatic rings. The van der Waals surface area contributed by atoms with Gasteiger partial charge in [-0.3, -0.25) is 0 Å². The van der Waals surface area contributed by atoms with Crippen molar-refractivity contribution in [3.8, 4) is 28.3 Å². The number of oxazole rings is 1. The van der Waals surface area contributed by atoms with Crippen LogP contribution in [0.3, 0.4) is 0 Å². The van der Waals surface area contributed by atoms with Crippen molar-refractivity contribution in [2.75, 3.05) is 0 Å². The quantitative estimate of drug-likeness (QED) is 0.189. The Labute approximate surface area is 297 Å². The van der Waals surface area contributed by atoms with Crippen LogP contribution in [0, 0.1) is 0 Å². The highest BCUT2D eigenvalue weighted by Crippen LogP contribution is 2.53. The fraction of sp³-hybridized carbons (Fsp3) is 0.0208. The summed E-state index contributed by atoms with van der Waals surface area (Å²) in [5.74, 6) is 0.614. The van der Waals surface area contributed by atoms with Gasteiger partial charge in [-0.05, 0) is 76.2 Å². The first-order valence-electron chi connectivity index (χ1n) is 17.7. The summed E-state index contributed by atoms with van der Waals surface area (Å²) in [5.41, 5.74) is 14.3. The van der Waals surface area contributed by atoms with Crippen LogP contribution in [0.15, 0.2) is 173 Å². The van der Waals surface area contributed by atoms with E-state index in [4.69, 9.17) is 13.8 Å². The normalized spacial score (nSPS) is 14.0. The van der Waals surface area contributed by atoms with Crippen LogP contribution in [0.4, 0.5) is 0 Å². The van der Waals surface area contributed by atoms with Crippen molar-refractivity contribution in [1.29, 1.82) is 0 Å². The molecule has 0 saturated carbocycles. The largest absolute Gasteiger partial charge is 0.455 e. The molecule has 3 heterocycles. The van der Waals surface area contributed by atoms with E-state index in [9.17, 15) is 0 Å². The molecule has 12 rings (SSSR count). The Kier molecular flexibility index (Phi) is 5.53. The molecule has 1 aliphatic rings. The highest BCUT2D eigenvalue weighted by molar-refractivity contribution is 6.19. The Morgan fingerprint density at radius 2 is 1.13 bits per heavy atom. The fourth-order valence-corrected chi connectivity index (χ4v) is 8.89. The van der Waals surface area contributed by atoms with Crippen LogP contribution in [-0.4, -0.2) is 9.55 Å². The Hall–Kier alpha value is -6.91. The van der Waals surface area contributed by atoms with Crippen molar-refractivity contribution in [3.05, 3.63) is 180 Å². The van der Waals surface area contributed by atoms with Gasteiger partial charge < -0.3 is 13.4 Å². The van der Waals surface area contributed by atoms with Crippen LogP contribution in [-0.2, 0) is 0 Å². The van der Waals surface area contributed by atoms with Crippen molar-refractivity contribution in [2.24, 2.45) is 0 Å². The summed E-state index contributed by atoms with van der Waals surface area (Å²) in [6.07, 6.45) is 0. The third-order valence-electron chi connectivity index (χ3n) is 11.1. The molecule has 0 saturated heterocycles. The summed E-state index contributed by atoms with van der Waals surface area (Å²) in [5, 5.41) is 6.74. The molecule has 52 heavy (non-hydrogen) atoms. The zero-order valence-corrected chi connectivity index (χ0v) is 27.9. The van der Waals surface area contributed by atoms with E-state index in [0.717, 1.165) is 55.1 Å². The van der Waals surface area contributed by atoms with Gasteiger partial charge in [-0.2, -0.15) is 0 Å². The van der Waals surface area contributed by atoms with Gasteiger partial charge in [0.2, 0.25) is 5.89 Å². The summed E-state index contributed by atoms with van der Waals surface area (Å²) in [7, 11) is 0. The van der Waals surface area contributed by atoms with E-state index >= 15 is 0 Å². The number of fused-ring (bicyclic) bond motifs is 12. The number of para-hydroxylation sites is 5. The lowest BCUT2D eigenvalue weighted by atomic mass is 9.87. The molecule has 1 aliphatic carbocycles. The van der Waals surface area contributed by atoms with Gasteiger partial charge >= 0.3 is 0 Å². The van der Waals surface area contributed by atoms with E-state index in [-0.39, 0.29) is 5.92 Å². The number of benzene rings is 8. The van der Waals surface area contributed by atoms with Crippen molar-refractivity contribution >= 4 is 65.6 Å². The van der Waals surface area contributed by atoms with E-state index in [2.05, 4.69) is 144 Å². The molecule has 1 atom stereocenters. The highest BCUT2D eigenvalue weighted by atomic mass is 16.3. The standard InChI is InChI=1S/C48H28N2O2/c1-2-13-28(14-3-1)50-42-23-10-8-17-31(42)37-25-38-36(27-43(37)50)29-15-4-6-18-32(29)45(38)35-21-12-20-34-39-26-40(48-49-41-22-9-11-24-44(41)51-48)30-16-5-7-19-33(30)47(39)52-46(34)35/h1-27,45H. The van der Waals surface area contributed by atoms with Crippen LogP contribution in [0.25, 0.3) is 93.9 Å². The van der Waals surface area contributed by atoms with E-state index in [1.807, 2.05) is 24.3 Å². The summed E-state index contributed by atoms with van der Waals surface area (Å²) in [6, 6.07) is 58.4. The second-order valence-corrected chi connectivity index (χ2v) is 13.8. The van der Waals surface area contributed by atoms with E-state index < -0.39 is 0 Å². The molecular formula is C48H28N2O2. The average molecular weight is 665 g/mol. The van der Waals surface area contributed by atoms with Crippen LogP contribution in [0.5, 0.6) is 0 Å². The van der Waals surface area contributed by atoms with Crippen molar-refractivity contribution in [2.45, 2.75) is 5.92 Å². The van der Waals surface area contributed by atoms with Gasteiger partial charge in [-0.25, -0.2) is 4.98 Å². The third kappa shape index (κ3) is 3.73. The van der Waals surface area contributed by atoms with E-state index in [1.54, 1.807) is 0 Å². The van der Waals surface area contributed by atoms with Gasteiger partial charge in [0.15, 0.2) is 5.58 Å². The minimum absolute atomic E-state index is 0.00136. The Bertz CT molecular complexity index is 3220. The predicted molar refractivity (Wildman–Crippen MR) is 211 cm³/mol. The van der Waals surface area contributed by atoms with Gasteiger partial charge in [0.05, 0.1) is 11.0 Å². The van der Waals surface area contributed by atoms with Gasteiger partial charge in [-0.15, -0.1) is 0 Å². The SMILES string of the molecule is c1ccc(-n2c3ccccc3c3cc4c(cc32)-c2ccccc2C4c2cccc3c2oc2c4ccccc4c(-c4nc5ccccc5o4)cc32)cc1. The number of aromatic nitrogens is 2. The Balaban J connectivity index is 1.13. The van der Waals surface area contributed by atoms with Crippen molar-refractivity contribution in [1.82, 2.24) is 9.55 Å². The molecule has 0 aliphatic heterocycles. The lowest BCUT2D eigenvalue weighted by Gasteiger charge is -2.15. The fourth-order valence-electron chi connectivity index (χ4n) is 8.89. The maximum atomic E-state index is 7.05. The monoisotopic (exact) mass is 664 g/mol. The molecule has 1 unspecified atom stereocenters. The molecule has 0 amide bonds. The zero-order valence-electron chi connectivity index (χ0n) is 27.9. The molecule has 0 spiro atoms. The van der Waals surface area contributed by atoms with Crippen molar-refractivity contribution in [3.63, 3.8) is 0 Å². The molecule has 0 bridgehead atoms. The number of hydrogen-bond donors (Lipinski definition) is 0. The molecule has 0 radical (unpaired) electrons. The first-order chi connectivity index (χ1) is 25.8. The average Bonchev–Trinajstić information content (AvgIpc) is 3.96. The molecular weight excluding hydrogens is 637 g/mol. The molecule has 4 nitrogen and oxygen atoms in total. The van der Waals surface area contributed by atoms with Gasteiger partial charge in [0.25, 0.3) is 0 Å². The maximum absolute atomic E-state index is 7.05. The number of furan rings is 1. The molecule has 242 valence electrons.